The lowest BCUT2D eigenvalue weighted by molar-refractivity contribution is 0.118. The summed E-state index contributed by atoms with van der Waals surface area (Å²) >= 11 is 6.01. The van der Waals surface area contributed by atoms with E-state index in [2.05, 4.69) is 52.8 Å². The van der Waals surface area contributed by atoms with Crippen molar-refractivity contribution in [1.82, 2.24) is 15.5 Å². The number of carbonyl (C=O) groups is 1. The highest BCUT2D eigenvalue weighted by Gasteiger charge is 2.34. The summed E-state index contributed by atoms with van der Waals surface area (Å²) in [6, 6.07) is 17.3. The summed E-state index contributed by atoms with van der Waals surface area (Å²) in [5.41, 5.74) is 3.74. The number of piperidine rings is 1. The summed E-state index contributed by atoms with van der Waals surface area (Å²) in [5, 5.41) is 7.11. The number of rotatable bonds is 6. The van der Waals surface area contributed by atoms with Crippen LogP contribution < -0.4 is 10.6 Å². The van der Waals surface area contributed by atoms with Crippen molar-refractivity contribution in [2.45, 2.75) is 64.1 Å². The Hall–Kier alpha value is -2.04. The number of urea groups is 1. The number of aryl methyl sites for hydroxylation is 1. The molecule has 1 aliphatic carbocycles. The molecule has 166 valence electrons. The van der Waals surface area contributed by atoms with Gasteiger partial charge < -0.3 is 10.6 Å². The fourth-order valence-electron chi connectivity index (χ4n) is 5.21. The molecule has 0 aromatic heterocycles. The summed E-state index contributed by atoms with van der Waals surface area (Å²) in [6.45, 7) is 4.91. The van der Waals surface area contributed by atoms with Gasteiger partial charge in [0.05, 0.1) is 0 Å². The van der Waals surface area contributed by atoms with E-state index < -0.39 is 0 Å². The quantitative estimate of drug-likeness (QED) is 0.639. The predicted molar refractivity (Wildman–Crippen MR) is 127 cm³/mol. The van der Waals surface area contributed by atoms with Gasteiger partial charge in [-0.1, -0.05) is 53.6 Å². The normalized spacial score (nSPS) is 22.4. The molecular formula is C26H34ClN3O. The first-order valence-corrected chi connectivity index (χ1v) is 12.0. The number of carbonyl (C=O) groups excluding carboxylic acids is 1. The number of halogens is 1. The molecule has 31 heavy (non-hydrogen) atoms. The topological polar surface area (TPSA) is 44.4 Å². The number of hydrogen-bond donors (Lipinski definition) is 2. The van der Waals surface area contributed by atoms with Crippen molar-refractivity contribution in [3.8, 4) is 0 Å². The van der Waals surface area contributed by atoms with Crippen molar-refractivity contribution >= 4 is 17.6 Å². The zero-order valence-corrected chi connectivity index (χ0v) is 19.2. The second-order valence-corrected chi connectivity index (χ2v) is 9.67. The first-order valence-electron chi connectivity index (χ1n) is 11.7. The van der Waals surface area contributed by atoms with Crippen molar-refractivity contribution in [1.29, 1.82) is 0 Å². The second kappa shape index (κ2) is 10.5. The smallest absolute Gasteiger partial charge is 0.315 e. The molecule has 4 rings (SSSR count). The monoisotopic (exact) mass is 439 g/mol. The molecule has 4 nitrogen and oxygen atoms in total. The maximum absolute atomic E-state index is 12.5. The molecule has 0 radical (unpaired) electrons. The van der Waals surface area contributed by atoms with Crippen LogP contribution in [-0.4, -0.2) is 36.1 Å². The Morgan fingerprint density at radius 1 is 1.03 bits per heavy atom. The summed E-state index contributed by atoms with van der Waals surface area (Å²) in [4.78, 5) is 15.1. The van der Waals surface area contributed by atoms with Crippen LogP contribution >= 0.6 is 11.6 Å². The lowest BCUT2D eigenvalue weighted by atomic mass is 9.89. The van der Waals surface area contributed by atoms with E-state index in [0.29, 0.717) is 12.6 Å². The van der Waals surface area contributed by atoms with Gasteiger partial charge in [-0.3, -0.25) is 4.90 Å². The molecule has 5 heteroatoms. The van der Waals surface area contributed by atoms with Gasteiger partial charge in [-0.15, -0.1) is 0 Å². The molecule has 2 atom stereocenters. The molecule has 0 unspecified atom stereocenters. The SMILES string of the molecule is Cc1cccc(CNC(=O)N[C@@H]2CCC[C@H]2N2CCC(Cc3ccc(Cl)cc3)CC2)c1. The molecule has 2 aliphatic rings. The van der Waals surface area contributed by atoms with Gasteiger partial charge in [0.2, 0.25) is 0 Å². The number of amides is 2. The minimum atomic E-state index is -0.0453. The molecule has 0 bridgehead atoms. The Labute approximate surface area is 191 Å². The van der Waals surface area contributed by atoms with Gasteiger partial charge in [-0.25, -0.2) is 4.79 Å². The molecule has 2 N–H and O–H groups in total. The van der Waals surface area contributed by atoms with Crippen LogP contribution in [0.1, 0.15) is 48.8 Å². The third-order valence-electron chi connectivity index (χ3n) is 6.89. The van der Waals surface area contributed by atoms with Crippen LogP contribution in [0.3, 0.4) is 0 Å². The first kappa shape index (κ1) is 22.2. The molecule has 1 aliphatic heterocycles. The van der Waals surface area contributed by atoms with Gasteiger partial charge >= 0.3 is 6.03 Å². The van der Waals surface area contributed by atoms with Crippen LogP contribution in [0.5, 0.6) is 0 Å². The van der Waals surface area contributed by atoms with E-state index >= 15 is 0 Å². The van der Waals surface area contributed by atoms with E-state index in [4.69, 9.17) is 11.6 Å². The van der Waals surface area contributed by atoms with E-state index in [1.165, 1.54) is 36.8 Å². The number of benzene rings is 2. The number of hydrogen-bond acceptors (Lipinski definition) is 2. The molecule has 0 spiro atoms. The van der Waals surface area contributed by atoms with Crippen molar-refractivity contribution < 1.29 is 4.79 Å². The van der Waals surface area contributed by atoms with E-state index in [1.807, 2.05) is 18.2 Å². The Kier molecular flexibility index (Phi) is 7.52. The maximum atomic E-state index is 12.5. The second-order valence-electron chi connectivity index (χ2n) is 9.23. The Balaban J connectivity index is 1.23. The van der Waals surface area contributed by atoms with Gasteiger partial charge in [0, 0.05) is 23.7 Å². The Morgan fingerprint density at radius 2 is 1.81 bits per heavy atom. The van der Waals surface area contributed by atoms with Crippen molar-refractivity contribution in [2.75, 3.05) is 13.1 Å². The number of nitrogens with one attached hydrogen (secondary N) is 2. The zero-order valence-electron chi connectivity index (χ0n) is 18.4. The molecule has 2 amide bonds. The molecule has 1 saturated heterocycles. The van der Waals surface area contributed by atoms with Gasteiger partial charge in [-0.2, -0.15) is 0 Å². The van der Waals surface area contributed by atoms with Gasteiger partial charge in [0.25, 0.3) is 0 Å². The summed E-state index contributed by atoms with van der Waals surface area (Å²) < 4.78 is 0. The highest BCUT2D eigenvalue weighted by Crippen LogP contribution is 2.30. The van der Waals surface area contributed by atoms with Crippen LogP contribution in [-0.2, 0) is 13.0 Å². The van der Waals surface area contributed by atoms with E-state index in [9.17, 15) is 4.79 Å². The zero-order chi connectivity index (χ0) is 21.6. The molecule has 1 heterocycles. The average Bonchev–Trinajstić information content (AvgIpc) is 3.22. The third-order valence-corrected chi connectivity index (χ3v) is 7.14. The molecule has 2 aromatic carbocycles. The highest BCUT2D eigenvalue weighted by atomic mass is 35.5. The summed E-state index contributed by atoms with van der Waals surface area (Å²) in [7, 11) is 0. The highest BCUT2D eigenvalue weighted by molar-refractivity contribution is 6.30. The van der Waals surface area contributed by atoms with E-state index in [0.717, 1.165) is 42.4 Å². The standard InChI is InChI=1S/C26H34ClN3O/c1-19-4-2-5-22(16-19)18-28-26(31)29-24-6-3-7-25(24)30-14-12-21(13-15-30)17-20-8-10-23(27)11-9-20/h2,4-5,8-11,16,21,24-25H,3,6-7,12-15,17-18H2,1H3,(H2,28,29,31)/t24-,25-/m1/s1. The maximum Gasteiger partial charge on any atom is 0.315 e. The molecule has 2 fully saturated rings. The van der Waals surface area contributed by atoms with Crippen LogP contribution in [0.2, 0.25) is 5.02 Å². The van der Waals surface area contributed by atoms with Crippen LogP contribution in [0.25, 0.3) is 0 Å². The van der Waals surface area contributed by atoms with E-state index in [1.54, 1.807) is 0 Å². The van der Waals surface area contributed by atoms with Crippen molar-refractivity contribution in [3.63, 3.8) is 0 Å². The molecular weight excluding hydrogens is 406 g/mol. The minimum absolute atomic E-state index is 0.0453. The van der Waals surface area contributed by atoms with Crippen LogP contribution in [0, 0.1) is 12.8 Å². The third kappa shape index (κ3) is 6.24. The predicted octanol–water partition coefficient (Wildman–Crippen LogP) is 5.32. The average molecular weight is 440 g/mol. The van der Waals surface area contributed by atoms with Crippen molar-refractivity contribution in [3.05, 3.63) is 70.2 Å². The van der Waals surface area contributed by atoms with Crippen LogP contribution in [0.4, 0.5) is 4.79 Å². The lowest BCUT2D eigenvalue weighted by Gasteiger charge is -2.38. The fraction of sp³-hybridized carbons (Fsp3) is 0.500. The Morgan fingerprint density at radius 3 is 2.55 bits per heavy atom. The first-order chi connectivity index (χ1) is 15.1. The number of likely N-dealkylation sites (tertiary alicyclic amines) is 1. The van der Waals surface area contributed by atoms with Gasteiger partial charge in [-0.05, 0) is 87.7 Å². The number of nitrogens with zero attached hydrogens (tertiary/aromatic N) is 1. The van der Waals surface area contributed by atoms with E-state index in [-0.39, 0.29) is 12.1 Å². The van der Waals surface area contributed by atoms with Crippen LogP contribution in [0.15, 0.2) is 48.5 Å². The van der Waals surface area contributed by atoms with Gasteiger partial charge in [0.1, 0.15) is 0 Å². The largest absolute Gasteiger partial charge is 0.334 e. The molecule has 2 aromatic rings. The summed E-state index contributed by atoms with van der Waals surface area (Å²) in [6.07, 6.45) is 7.05. The fourth-order valence-corrected chi connectivity index (χ4v) is 5.34. The minimum Gasteiger partial charge on any atom is -0.334 e. The summed E-state index contributed by atoms with van der Waals surface area (Å²) in [5.74, 6) is 0.739. The lowest BCUT2D eigenvalue weighted by Crippen LogP contribution is -2.53. The Bertz CT molecular complexity index is 861. The van der Waals surface area contributed by atoms with Crippen molar-refractivity contribution in [2.24, 2.45) is 5.92 Å². The molecule has 1 saturated carbocycles. The van der Waals surface area contributed by atoms with Gasteiger partial charge in [0.15, 0.2) is 0 Å².